The third-order valence-electron chi connectivity index (χ3n) is 4.40. The molecule has 2 saturated heterocycles. The molecule has 1 spiro atoms. The van der Waals surface area contributed by atoms with Gasteiger partial charge in [0.05, 0.1) is 0 Å². The molecule has 2 fully saturated rings. The molecule has 2 aliphatic rings. The van der Waals surface area contributed by atoms with Crippen LogP contribution in [-0.4, -0.2) is 36.1 Å². The highest BCUT2D eigenvalue weighted by atomic mass is 15.2. The average molecular weight is 245 g/mol. The maximum absolute atomic E-state index is 4.45. The molecule has 0 bridgehead atoms. The molecule has 1 N–H and O–H groups in total. The zero-order valence-corrected chi connectivity index (χ0v) is 11.5. The van der Waals surface area contributed by atoms with E-state index in [1.807, 2.05) is 0 Å². The minimum absolute atomic E-state index is 0.580. The Kier molecular flexibility index (Phi) is 3.12. The highest BCUT2D eigenvalue weighted by Gasteiger charge is 2.39. The first-order chi connectivity index (χ1) is 8.65. The maximum atomic E-state index is 4.45. The number of hydrogen-bond acceptors (Lipinski definition) is 3. The van der Waals surface area contributed by atoms with Crippen LogP contribution in [0.4, 0.5) is 0 Å². The summed E-state index contributed by atoms with van der Waals surface area (Å²) in [5, 5.41) is 3.52. The molecule has 1 aromatic heterocycles. The lowest BCUT2D eigenvalue weighted by Crippen LogP contribution is -2.29. The second kappa shape index (κ2) is 4.63. The van der Waals surface area contributed by atoms with Crippen LogP contribution in [0.3, 0.4) is 0 Å². The van der Waals surface area contributed by atoms with Gasteiger partial charge in [0, 0.05) is 31.0 Å². The molecule has 1 unspecified atom stereocenters. The van der Waals surface area contributed by atoms with Crippen molar-refractivity contribution in [3.05, 3.63) is 29.1 Å². The molecule has 0 aromatic carbocycles. The molecule has 0 saturated carbocycles. The largest absolute Gasteiger partial charge is 0.316 e. The fraction of sp³-hybridized carbons (Fsp3) is 0.667. The molecule has 1 atom stereocenters. The third kappa shape index (κ3) is 2.43. The van der Waals surface area contributed by atoms with Gasteiger partial charge in [0.2, 0.25) is 0 Å². The summed E-state index contributed by atoms with van der Waals surface area (Å²) in [4.78, 5) is 7.06. The molecular formula is C15H23N3. The van der Waals surface area contributed by atoms with Gasteiger partial charge >= 0.3 is 0 Å². The van der Waals surface area contributed by atoms with Crippen LogP contribution in [0.1, 0.15) is 29.8 Å². The highest BCUT2D eigenvalue weighted by molar-refractivity contribution is 5.20. The Morgan fingerprint density at radius 1 is 1.28 bits per heavy atom. The number of likely N-dealkylation sites (tertiary alicyclic amines) is 1. The Bertz CT molecular complexity index is 415. The van der Waals surface area contributed by atoms with Crippen molar-refractivity contribution in [3.8, 4) is 0 Å². The lowest BCUT2D eigenvalue weighted by atomic mass is 9.86. The van der Waals surface area contributed by atoms with Crippen molar-refractivity contribution >= 4 is 0 Å². The van der Waals surface area contributed by atoms with Crippen molar-refractivity contribution in [1.82, 2.24) is 15.2 Å². The number of nitrogens with zero attached hydrogens (tertiary/aromatic N) is 2. The van der Waals surface area contributed by atoms with Crippen molar-refractivity contribution in [1.29, 1.82) is 0 Å². The van der Waals surface area contributed by atoms with Gasteiger partial charge in [-0.15, -0.1) is 0 Å². The van der Waals surface area contributed by atoms with Crippen LogP contribution in [-0.2, 0) is 6.54 Å². The number of nitrogens with one attached hydrogen (secondary N) is 1. The summed E-state index contributed by atoms with van der Waals surface area (Å²) in [6, 6.07) is 4.45. The molecule has 1 aromatic rings. The second-order valence-corrected chi connectivity index (χ2v) is 6.15. The maximum Gasteiger partial charge on any atom is 0.0379 e. The van der Waals surface area contributed by atoms with Crippen LogP contribution in [0.5, 0.6) is 0 Å². The first-order valence-corrected chi connectivity index (χ1v) is 7.03. The zero-order valence-electron chi connectivity index (χ0n) is 11.5. The number of hydrogen-bond donors (Lipinski definition) is 1. The average Bonchev–Trinajstić information content (AvgIpc) is 2.89. The van der Waals surface area contributed by atoms with Gasteiger partial charge in [-0.25, -0.2) is 0 Å². The van der Waals surface area contributed by atoms with E-state index >= 15 is 0 Å². The molecule has 2 aliphatic heterocycles. The van der Waals surface area contributed by atoms with E-state index in [1.54, 1.807) is 0 Å². The first kappa shape index (κ1) is 12.1. The smallest absolute Gasteiger partial charge is 0.0379 e. The molecule has 3 heteroatoms. The minimum Gasteiger partial charge on any atom is -0.316 e. The molecule has 0 radical (unpaired) electrons. The topological polar surface area (TPSA) is 28.2 Å². The summed E-state index contributed by atoms with van der Waals surface area (Å²) in [5.74, 6) is 0. The predicted molar refractivity (Wildman–Crippen MR) is 73.5 cm³/mol. The van der Waals surface area contributed by atoms with E-state index in [9.17, 15) is 0 Å². The molecule has 0 aliphatic carbocycles. The molecule has 3 rings (SSSR count). The second-order valence-electron chi connectivity index (χ2n) is 6.15. The monoisotopic (exact) mass is 245 g/mol. The van der Waals surface area contributed by atoms with Gasteiger partial charge in [-0.05, 0) is 62.9 Å². The van der Waals surface area contributed by atoms with Crippen molar-refractivity contribution in [2.45, 2.75) is 33.2 Å². The van der Waals surface area contributed by atoms with E-state index in [2.05, 4.69) is 41.2 Å². The Morgan fingerprint density at radius 3 is 2.72 bits per heavy atom. The number of aryl methyl sites for hydroxylation is 2. The fourth-order valence-electron chi connectivity index (χ4n) is 3.58. The van der Waals surface area contributed by atoms with Crippen LogP contribution < -0.4 is 5.32 Å². The summed E-state index contributed by atoms with van der Waals surface area (Å²) < 4.78 is 0. The van der Waals surface area contributed by atoms with Crippen LogP contribution in [0.25, 0.3) is 0 Å². The van der Waals surface area contributed by atoms with Crippen molar-refractivity contribution in [2.75, 3.05) is 26.2 Å². The Balaban J connectivity index is 1.67. The Morgan fingerprint density at radius 2 is 2.06 bits per heavy atom. The van der Waals surface area contributed by atoms with Gasteiger partial charge < -0.3 is 5.32 Å². The minimum atomic E-state index is 0.580. The van der Waals surface area contributed by atoms with Crippen molar-refractivity contribution in [3.63, 3.8) is 0 Å². The van der Waals surface area contributed by atoms with E-state index in [1.165, 1.54) is 44.6 Å². The Labute approximate surface area is 110 Å². The molecule has 0 amide bonds. The Hall–Kier alpha value is -0.930. The highest BCUT2D eigenvalue weighted by Crippen LogP contribution is 2.36. The fourth-order valence-corrected chi connectivity index (χ4v) is 3.58. The van der Waals surface area contributed by atoms with Crippen LogP contribution in [0.15, 0.2) is 12.1 Å². The van der Waals surface area contributed by atoms with E-state index in [0.29, 0.717) is 5.41 Å². The zero-order chi connectivity index (χ0) is 12.6. The van der Waals surface area contributed by atoms with Gasteiger partial charge in [-0.3, -0.25) is 9.88 Å². The predicted octanol–water partition coefficient (Wildman–Crippen LogP) is 1.88. The van der Waals surface area contributed by atoms with Gasteiger partial charge in [0.25, 0.3) is 0 Å². The van der Waals surface area contributed by atoms with Crippen LogP contribution >= 0.6 is 0 Å². The summed E-state index contributed by atoms with van der Waals surface area (Å²) in [7, 11) is 0. The lowest BCUT2D eigenvalue weighted by molar-refractivity contribution is 0.268. The number of aromatic nitrogens is 1. The SMILES string of the molecule is Cc1cc(CN2CCC3(CCNC3)C2)cc(C)n1. The van der Waals surface area contributed by atoms with Crippen LogP contribution in [0, 0.1) is 19.3 Å². The third-order valence-corrected chi connectivity index (χ3v) is 4.40. The standard InChI is InChI=1S/C15H23N3/c1-12-7-14(8-13(2)17-12)9-18-6-4-15(11-18)3-5-16-10-15/h7-8,16H,3-6,9-11H2,1-2H3. The lowest BCUT2D eigenvalue weighted by Gasteiger charge is -2.23. The summed E-state index contributed by atoms with van der Waals surface area (Å²) in [6.45, 7) is 10.2. The van der Waals surface area contributed by atoms with Crippen molar-refractivity contribution < 1.29 is 0 Å². The van der Waals surface area contributed by atoms with Gasteiger partial charge in [-0.2, -0.15) is 0 Å². The number of rotatable bonds is 2. The quantitative estimate of drug-likeness (QED) is 0.862. The van der Waals surface area contributed by atoms with Gasteiger partial charge in [0.1, 0.15) is 0 Å². The summed E-state index contributed by atoms with van der Waals surface area (Å²) in [5.41, 5.74) is 4.28. The molecule has 18 heavy (non-hydrogen) atoms. The summed E-state index contributed by atoms with van der Waals surface area (Å²) >= 11 is 0. The first-order valence-electron chi connectivity index (χ1n) is 7.03. The summed E-state index contributed by atoms with van der Waals surface area (Å²) in [6.07, 6.45) is 2.72. The van der Waals surface area contributed by atoms with Crippen LogP contribution in [0.2, 0.25) is 0 Å². The van der Waals surface area contributed by atoms with E-state index in [4.69, 9.17) is 0 Å². The van der Waals surface area contributed by atoms with Crippen molar-refractivity contribution in [2.24, 2.45) is 5.41 Å². The molecule has 98 valence electrons. The van der Waals surface area contributed by atoms with E-state index in [0.717, 1.165) is 17.9 Å². The molecule has 3 heterocycles. The van der Waals surface area contributed by atoms with Gasteiger partial charge in [0.15, 0.2) is 0 Å². The van der Waals surface area contributed by atoms with E-state index < -0.39 is 0 Å². The molecular weight excluding hydrogens is 222 g/mol. The normalized spacial score (nSPS) is 28.3. The van der Waals surface area contributed by atoms with E-state index in [-0.39, 0.29) is 0 Å². The van der Waals surface area contributed by atoms with Gasteiger partial charge in [-0.1, -0.05) is 0 Å². The number of pyridine rings is 1. The molecule has 3 nitrogen and oxygen atoms in total.